The number of carbonyl (C=O) groups is 1. The van der Waals surface area contributed by atoms with E-state index in [0.29, 0.717) is 10.9 Å². The van der Waals surface area contributed by atoms with Gasteiger partial charge in [-0.15, -0.1) is 5.10 Å². The van der Waals surface area contributed by atoms with Crippen LogP contribution in [0.5, 0.6) is 0 Å². The fourth-order valence-electron chi connectivity index (χ4n) is 1.48. The Kier molecular flexibility index (Phi) is 4.10. The highest BCUT2D eigenvalue weighted by Gasteiger charge is 2.13. The number of amides is 1. The molecule has 19 heavy (non-hydrogen) atoms. The van der Waals surface area contributed by atoms with Crippen molar-refractivity contribution in [1.29, 1.82) is 0 Å². The number of aromatic nitrogens is 3. The molecule has 0 fully saturated rings. The SMILES string of the molecule is C[C@@H](NC(=O)CSc1n[nH]c(=O)n1C)c1ccco1. The topological polar surface area (TPSA) is 92.9 Å². The molecule has 0 bridgehead atoms. The second-order valence-electron chi connectivity index (χ2n) is 3.96. The monoisotopic (exact) mass is 282 g/mol. The van der Waals surface area contributed by atoms with Crippen LogP contribution in [0.2, 0.25) is 0 Å². The van der Waals surface area contributed by atoms with Gasteiger partial charge in [0.25, 0.3) is 0 Å². The molecule has 2 aromatic rings. The van der Waals surface area contributed by atoms with Gasteiger partial charge in [-0.1, -0.05) is 11.8 Å². The number of aromatic amines is 1. The van der Waals surface area contributed by atoms with Gasteiger partial charge >= 0.3 is 5.69 Å². The molecular weight excluding hydrogens is 268 g/mol. The Morgan fingerprint density at radius 2 is 2.47 bits per heavy atom. The molecule has 0 radical (unpaired) electrons. The molecule has 7 nitrogen and oxygen atoms in total. The number of furan rings is 1. The second kappa shape index (κ2) is 5.79. The van der Waals surface area contributed by atoms with Crippen LogP contribution in [0.25, 0.3) is 0 Å². The van der Waals surface area contributed by atoms with Crippen LogP contribution in [0.15, 0.2) is 32.8 Å². The quantitative estimate of drug-likeness (QED) is 0.786. The van der Waals surface area contributed by atoms with Crippen LogP contribution < -0.4 is 11.0 Å². The van der Waals surface area contributed by atoms with Crippen molar-refractivity contribution in [1.82, 2.24) is 20.1 Å². The molecule has 2 rings (SSSR count). The van der Waals surface area contributed by atoms with Crippen LogP contribution in [0.3, 0.4) is 0 Å². The van der Waals surface area contributed by atoms with E-state index >= 15 is 0 Å². The Bertz CT molecular complexity index is 602. The standard InChI is InChI=1S/C11H14N4O3S/c1-7(8-4-3-5-18-8)12-9(16)6-19-11-14-13-10(17)15(11)2/h3-5,7H,6H2,1-2H3,(H,12,16)(H,13,17)/t7-/m1/s1. The zero-order chi connectivity index (χ0) is 13.8. The van der Waals surface area contributed by atoms with Crippen LogP contribution in [-0.2, 0) is 11.8 Å². The lowest BCUT2D eigenvalue weighted by molar-refractivity contribution is -0.119. The summed E-state index contributed by atoms with van der Waals surface area (Å²) in [6, 6.07) is 3.38. The van der Waals surface area contributed by atoms with Gasteiger partial charge in [-0.25, -0.2) is 9.89 Å². The maximum absolute atomic E-state index is 11.7. The molecule has 0 aliphatic rings. The van der Waals surface area contributed by atoms with Crippen LogP contribution in [0.4, 0.5) is 0 Å². The number of rotatable bonds is 5. The third kappa shape index (κ3) is 3.28. The number of carbonyl (C=O) groups excluding carboxylic acids is 1. The fraction of sp³-hybridized carbons (Fsp3) is 0.364. The Hall–Kier alpha value is -1.96. The van der Waals surface area contributed by atoms with Crippen molar-refractivity contribution >= 4 is 17.7 Å². The lowest BCUT2D eigenvalue weighted by Gasteiger charge is -2.10. The molecule has 2 N–H and O–H groups in total. The van der Waals surface area contributed by atoms with E-state index in [-0.39, 0.29) is 23.4 Å². The van der Waals surface area contributed by atoms with E-state index in [1.807, 2.05) is 6.92 Å². The summed E-state index contributed by atoms with van der Waals surface area (Å²) in [5.74, 6) is 0.735. The summed E-state index contributed by atoms with van der Waals surface area (Å²) in [4.78, 5) is 22.9. The van der Waals surface area contributed by atoms with Crippen LogP contribution >= 0.6 is 11.8 Å². The number of nitrogens with one attached hydrogen (secondary N) is 2. The van der Waals surface area contributed by atoms with E-state index in [1.165, 1.54) is 16.3 Å². The summed E-state index contributed by atoms with van der Waals surface area (Å²) < 4.78 is 6.55. The van der Waals surface area contributed by atoms with E-state index in [1.54, 1.807) is 25.4 Å². The largest absolute Gasteiger partial charge is 0.467 e. The molecule has 2 heterocycles. The van der Waals surface area contributed by atoms with Crippen molar-refractivity contribution in [2.45, 2.75) is 18.1 Å². The van der Waals surface area contributed by atoms with E-state index in [9.17, 15) is 9.59 Å². The smallest absolute Gasteiger partial charge is 0.343 e. The van der Waals surface area contributed by atoms with Gasteiger partial charge < -0.3 is 9.73 Å². The first-order valence-corrected chi connectivity index (χ1v) is 6.63. The summed E-state index contributed by atoms with van der Waals surface area (Å²) in [5.41, 5.74) is -0.299. The number of hydrogen-bond acceptors (Lipinski definition) is 5. The van der Waals surface area contributed by atoms with Gasteiger partial charge in [0.05, 0.1) is 18.1 Å². The first-order valence-electron chi connectivity index (χ1n) is 5.65. The molecule has 0 unspecified atom stereocenters. The average Bonchev–Trinajstić information content (AvgIpc) is 3.00. The van der Waals surface area contributed by atoms with Crippen molar-refractivity contribution in [3.63, 3.8) is 0 Å². The molecule has 0 saturated heterocycles. The first kappa shape index (κ1) is 13.5. The molecule has 0 spiro atoms. The lowest BCUT2D eigenvalue weighted by Crippen LogP contribution is -2.28. The van der Waals surface area contributed by atoms with Crippen LogP contribution in [-0.4, -0.2) is 26.4 Å². The maximum Gasteiger partial charge on any atom is 0.343 e. The summed E-state index contributed by atoms with van der Waals surface area (Å²) >= 11 is 1.19. The minimum Gasteiger partial charge on any atom is -0.467 e. The van der Waals surface area contributed by atoms with Gasteiger partial charge in [0.1, 0.15) is 5.76 Å². The van der Waals surface area contributed by atoms with E-state index in [2.05, 4.69) is 15.5 Å². The molecule has 1 atom stereocenters. The predicted octanol–water partition coefficient (Wildman–Crippen LogP) is 0.671. The number of thioether (sulfide) groups is 1. The van der Waals surface area contributed by atoms with Gasteiger partial charge in [-0.05, 0) is 19.1 Å². The molecular formula is C11H14N4O3S. The van der Waals surface area contributed by atoms with Crippen molar-refractivity contribution in [2.24, 2.45) is 7.05 Å². The zero-order valence-corrected chi connectivity index (χ0v) is 11.4. The zero-order valence-electron chi connectivity index (χ0n) is 10.5. The minimum atomic E-state index is -0.299. The molecule has 0 saturated carbocycles. The highest BCUT2D eigenvalue weighted by atomic mass is 32.2. The summed E-state index contributed by atoms with van der Waals surface area (Å²) in [6.07, 6.45) is 1.56. The normalized spacial score (nSPS) is 12.3. The van der Waals surface area contributed by atoms with Crippen molar-refractivity contribution in [2.75, 3.05) is 5.75 Å². The van der Waals surface area contributed by atoms with Crippen molar-refractivity contribution in [3.8, 4) is 0 Å². The van der Waals surface area contributed by atoms with Crippen molar-refractivity contribution < 1.29 is 9.21 Å². The lowest BCUT2D eigenvalue weighted by atomic mass is 10.2. The van der Waals surface area contributed by atoms with Gasteiger partial charge in [-0.2, -0.15) is 0 Å². The Morgan fingerprint density at radius 1 is 1.68 bits per heavy atom. The van der Waals surface area contributed by atoms with Gasteiger partial charge in [0, 0.05) is 7.05 Å². The Morgan fingerprint density at radius 3 is 3.05 bits per heavy atom. The van der Waals surface area contributed by atoms with Gasteiger partial charge in [0.2, 0.25) is 5.91 Å². The van der Waals surface area contributed by atoms with Gasteiger partial charge in [-0.3, -0.25) is 9.36 Å². The summed E-state index contributed by atoms with van der Waals surface area (Å²) in [7, 11) is 1.59. The molecule has 2 aromatic heterocycles. The average molecular weight is 282 g/mol. The first-order chi connectivity index (χ1) is 9.08. The van der Waals surface area contributed by atoms with Crippen molar-refractivity contribution in [3.05, 3.63) is 34.6 Å². The number of nitrogens with zero attached hydrogens (tertiary/aromatic N) is 2. The Labute approximate surface area is 113 Å². The van der Waals surface area contributed by atoms with Crippen LogP contribution in [0.1, 0.15) is 18.7 Å². The third-order valence-corrected chi connectivity index (χ3v) is 3.55. The summed E-state index contributed by atoms with van der Waals surface area (Å²) in [5, 5.41) is 9.40. The van der Waals surface area contributed by atoms with E-state index < -0.39 is 0 Å². The number of hydrogen-bond donors (Lipinski definition) is 2. The molecule has 0 aliphatic carbocycles. The van der Waals surface area contributed by atoms with Crippen LogP contribution in [0, 0.1) is 0 Å². The summed E-state index contributed by atoms with van der Waals surface area (Å²) in [6.45, 7) is 1.84. The fourth-order valence-corrected chi connectivity index (χ4v) is 2.21. The molecule has 0 aromatic carbocycles. The van der Waals surface area contributed by atoms with Gasteiger partial charge in [0.15, 0.2) is 5.16 Å². The second-order valence-corrected chi connectivity index (χ2v) is 4.91. The Balaban J connectivity index is 1.85. The minimum absolute atomic E-state index is 0.149. The van der Waals surface area contributed by atoms with E-state index in [0.717, 1.165) is 0 Å². The molecule has 102 valence electrons. The predicted molar refractivity (Wildman–Crippen MR) is 69.8 cm³/mol. The third-order valence-electron chi connectivity index (χ3n) is 2.52. The maximum atomic E-state index is 11.7. The van der Waals surface area contributed by atoms with E-state index in [4.69, 9.17) is 4.42 Å². The highest BCUT2D eigenvalue weighted by molar-refractivity contribution is 7.99. The number of H-pyrrole nitrogens is 1. The highest BCUT2D eigenvalue weighted by Crippen LogP contribution is 2.14. The molecule has 8 heteroatoms. The molecule has 1 amide bonds. The molecule has 0 aliphatic heterocycles.